The smallest absolute Gasteiger partial charge is 0.264 e. The SMILES string of the molecule is Cc1ccc(N(C)S(=O)(=O)c2ccccc2CCl)c(C)c1. The van der Waals surface area contributed by atoms with Crippen LogP contribution in [0.2, 0.25) is 0 Å². The average molecular weight is 324 g/mol. The van der Waals surface area contributed by atoms with E-state index >= 15 is 0 Å². The highest BCUT2D eigenvalue weighted by molar-refractivity contribution is 7.92. The van der Waals surface area contributed by atoms with Gasteiger partial charge in [0.05, 0.1) is 10.6 Å². The van der Waals surface area contributed by atoms with Gasteiger partial charge in [-0.05, 0) is 37.1 Å². The molecule has 3 nitrogen and oxygen atoms in total. The number of aryl methyl sites for hydroxylation is 2. The zero-order valence-electron chi connectivity index (χ0n) is 12.3. The van der Waals surface area contributed by atoms with Crippen molar-refractivity contribution < 1.29 is 8.42 Å². The highest BCUT2D eigenvalue weighted by Gasteiger charge is 2.24. The number of sulfonamides is 1. The second-order valence-corrected chi connectivity index (χ2v) is 7.21. The summed E-state index contributed by atoms with van der Waals surface area (Å²) >= 11 is 5.86. The maximum absolute atomic E-state index is 12.8. The van der Waals surface area contributed by atoms with Gasteiger partial charge in [-0.15, -0.1) is 11.6 Å². The molecule has 5 heteroatoms. The first-order valence-electron chi connectivity index (χ1n) is 6.58. The Morgan fingerprint density at radius 1 is 1.10 bits per heavy atom. The summed E-state index contributed by atoms with van der Waals surface area (Å²) in [6.45, 7) is 3.88. The van der Waals surface area contributed by atoms with E-state index in [0.29, 0.717) is 11.3 Å². The zero-order chi connectivity index (χ0) is 15.6. The minimum absolute atomic E-state index is 0.163. The lowest BCUT2D eigenvalue weighted by Gasteiger charge is -2.22. The van der Waals surface area contributed by atoms with E-state index in [1.807, 2.05) is 32.0 Å². The summed E-state index contributed by atoms with van der Waals surface area (Å²) < 4.78 is 26.9. The Morgan fingerprint density at radius 2 is 1.76 bits per heavy atom. The second-order valence-electron chi connectivity index (χ2n) is 5.00. The van der Waals surface area contributed by atoms with Crippen LogP contribution in [-0.2, 0) is 15.9 Å². The van der Waals surface area contributed by atoms with Gasteiger partial charge in [-0.1, -0.05) is 35.9 Å². The first-order chi connectivity index (χ1) is 9.87. The van der Waals surface area contributed by atoms with Crippen LogP contribution in [0.15, 0.2) is 47.4 Å². The van der Waals surface area contributed by atoms with Gasteiger partial charge in [-0.2, -0.15) is 0 Å². The van der Waals surface area contributed by atoms with Crippen molar-refractivity contribution in [2.75, 3.05) is 11.4 Å². The molecule has 0 bridgehead atoms. The third kappa shape index (κ3) is 3.06. The molecule has 112 valence electrons. The fourth-order valence-corrected chi connectivity index (χ4v) is 4.09. The van der Waals surface area contributed by atoms with Crippen LogP contribution in [0, 0.1) is 13.8 Å². The first kappa shape index (κ1) is 15.9. The van der Waals surface area contributed by atoms with Gasteiger partial charge in [0, 0.05) is 12.9 Å². The lowest BCUT2D eigenvalue weighted by molar-refractivity contribution is 0.593. The zero-order valence-corrected chi connectivity index (χ0v) is 13.9. The lowest BCUT2D eigenvalue weighted by atomic mass is 10.1. The molecule has 0 saturated carbocycles. The lowest BCUT2D eigenvalue weighted by Crippen LogP contribution is -2.28. The third-order valence-corrected chi connectivity index (χ3v) is 5.61. The van der Waals surface area contributed by atoms with E-state index in [1.54, 1.807) is 31.3 Å². The van der Waals surface area contributed by atoms with E-state index in [2.05, 4.69) is 0 Å². The molecule has 0 unspecified atom stereocenters. The number of hydrogen-bond donors (Lipinski definition) is 0. The summed E-state index contributed by atoms with van der Waals surface area (Å²) in [7, 11) is -2.05. The molecule has 0 saturated heterocycles. The third-order valence-electron chi connectivity index (χ3n) is 3.45. The van der Waals surface area contributed by atoms with Crippen molar-refractivity contribution >= 4 is 27.3 Å². The van der Waals surface area contributed by atoms with E-state index in [0.717, 1.165) is 11.1 Å². The van der Waals surface area contributed by atoms with Crippen LogP contribution in [0.4, 0.5) is 5.69 Å². The Labute approximate surface area is 131 Å². The number of nitrogens with zero attached hydrogens (tertiary/aromatic N) is 1. The monoisotopic (exact) mass is 323 g/mol. The van der Waals surface area contributed by atoms with Crippen molar-refractivity contribution in [1.82, 2.24) is 0 Å². The molecular formula is C16H18ClNO2S. The van der Waals surface area contributed by atoms with Gasteiger partial charge in [0.15, 0.2) is 0 Å². The number of benzene rings is 2. The highest BCUT2D eigenvalue weighted by atomic mass is 35.5. The minimum Gasteiger partial charge on any atom is -0.269 e. The molecule has 0 aliphatic heterocycles. The number of halogens is 1. The van der Waals surface area contributed by atoms with Crippen molar-refractivity contribution in [3.63, 3.8) is 0 Å². The van der Waals surface area contributed by atoms with Gasteiger partial charge in [-0.3, -0.25) is 4.31 Å². The quantitative estimate of drug-likeness (QED) is 0.801. The number of rotatable bonds is 4. The molecule has 0 spiro atoms. The number of hydrogen-bond acceptors (Lipinski definition) is 2. The van der Waals surface area contributed by atoms with Crippen LogP contribution in [0.3, 0.4) is 0 Å². The highest BCUT2D eigenvalue weighted by Crippen LogP contribution is 2.28. The molecule has 0 amide bonds. The van der Waals surface area contributed by atoms with Crippen LogP contribution >= 0.6 is 11.6 Å². The van der Waals surface area contributed by atoms with Gasteiger partial charge in [0.2, 0.25) is 0 Å². The van der Waals surface area contributed by atoms with Crippen LogP contribution < -0.4 is 4.31 Å². The van der Waals surface area contributed by atoms with Gasteiger partial charge < -0.3 is 0 Å². The Morgan fingerprint density at radius 3 is 2.38 bits per heavy atom. The van der Waals surface area contributed by atoms with Gasteiger partial charge in [0.25, 0.3) is 10.0 Å². The van der Waals surface area contributed by atoms with Gasteiger partial charge in [-0.25, -0.2) is 8.42 Å². The van der Waals surface area contributed by atoms with E-state index in [4.69, 9.17) is 11.6 Å². The molecule has 0 fully saturated rings. The Kier molecular flexibility index (Phi) is 4.59. The van der Waals surface area contributed by atoms with E-state index in [9.17, 15) is 8.42 Å². The summed E-state index contributed by atoms with van der Waals surface area (Å²) in [5.41, 5.74) is 3.30. The summed E-state index contributed by atoms with van der Waals surface area (Å²) in [4.78, 5) is 0.252. The van der Waals surface area contributed by atoms with Crippen LogP contribution in [0.25, 0.3) is 0 Å². The second kappa shape index (κ2) is 6.08. The molecule has 2 aromatic rings. The average Bonchev–Trinajstić information content (AvgIpc) is 2.46. The van der Waals surface area contributed by atoms with Crippen molar-refractivity contribution in [3.8, 4) is 0 Å². The van der Waals surface area contributed by atoms with Crippen LogP contribution in [0.1, 0.15) is 16.7 Å². The largest absolute Gasteiger partial charge is 0.269 e. The number of anilines is 1. The van der Waals surface area contributed by atoms with Crippen molar-refractivity contribution in [2.45, 2.75) is 24.6 Å². The summed E-state index contributed by atoms with van der Waals surface area (Å²) in [5.74, 6) is 0.163. The van der Waals surface area contributed by atoms with Crippen LogP contribution in [-0.4, -0.2) is 15.5 Å². The van der Waals surface area contributed by atoms with Crippen LogP contribution in [0.5, 0.6) is 0 Å². The molecule has 0 radical (unpaired) electrons. The van der Waals surface area contributed by atoms with E-state index < -0.39 is 10.0 Å². The normalized spacial score (nSPS) is 11.4. The Hall–Kier alpha value is -1.52. The Balaban J connectivity index is 2.53. The van der Waals surface area contributed by atoms with Gasteiger partial charge in [0.1, 0.15) is 0 Å². The maximum Gasteiger partial charge on any atom is 0.264 e. The molecule has 2 aromatic carbocycles. The van der Waals surface area contributed by atoms with Crippen molar-refractivity contribution in [3.05, 3.63) is 59.2 Å². The maximum atomic E-state index is 12.8. The fourth-order valence-electron chi connectivity index (χ4n) is 2.30. The topological polar surface area (TPSA) is 37.4 Å². The predicted octanol–water partition coefficient (Wildman–Crippen LogP) is 3.87. The molecule has 0 aliphatic rings. The molecule has 0 aromatic heterocycles. The predicted molar refractivity (Wildman–Crippen MR) is 87.5 cm³/mol. The van der Waals surface area contributed by atoms with E-state index in [1.165, 1.54) is 4.31 Å². The minimum atomic E-state index is -3.62. The molecule has 21 heavy (non-hydrogen) atoms. The van der Waals surface area contributed by atoms with Gasteiger partial charge >= 0.3 is 0 Å². The first-order valence-corrected chi connectivity index (χ1v) is 8.55. The fraction of sp³-hybridized carbons (Fsp3) is 0.250. The van der Waals surface area contributed by atoms with Crippen molar-refractivity contribution in [2.24, 2.45) is 0 Å². The molecule has 0 atom stereocenters. The Bertz CT molecular complexity index is 757. The standard InChI is InChI=1S/C16H18ClNO2S/c1-12-8-9-15(13(2)10-12)18(3)21(19,20)16-7-5-4-6-14(16)11-17/h4-10H,11H2,1-3H3. The summed E-state index contributed by atoms with van der Waals surface area (Å²) in [5, 5.41) is 0. The summed E-state index contributed by atoms with van der Waals surface area (Å²) in [6, 6.07) is 12.5. The molecular weight excluding hydrogens is 306 g/mol. The molecule has 2 rings (SSSR count). The molecule has 0 N–H and O–H groups in total. The van der Waals surface area contributed by atoms with E-state index in [-0.39, 0.29) is 10.8 Å². The molecule has 0 heterocycles. The van der Waals surface area contributed by atoms with Crippen molar-refractivity contribution in [1.29, 1.82) is 0 Å². The molecule has 0 aliphatic carbocycles. The number of alkyl halides is 1. The summed E-state index contributed by atoms with van der Waals surface area (Å²) in [6.07, 6.45) is 0.